The molecule has 0 radical (unpaired) electrons. The second-order valence-corrected chi connectivity index (χ2v) is 5.45. The van der Waals surface area contributed by atoms with Gasteiger partial charge in [-0.25, -0.2) is 4.98 Å². The molecule has 1 aromatic carbocycles. The number of aryl methyl sites for hydroxylation is 1. The molecule has 1 aromatic heterocycles. The van der Waals surface area contributed by atoms with Crippen molar-refractivity contribution in [2.24, 2.45) is 0 Å². The monoisotopic (exact) mass is 291 g/mol. The molecule has 0 fully saturated rings. The third kappa shape index (κ3) is 2.92. The van der Waals surface area contributed by atoms with E-state index < -0.39 is 0 Å². The Balaban J connectivity index is 2.43. The summed E-state index contributed by atoms with van der Waals surface area (Å²) >= 11 is 6.04. The molecule has 20 heavy (non-hydrogen) atoms. The van der Waals surface area contributed by atoms with E-state index >= 15 is 0 Å². The van der Waals surface area contributed by atoms with Crippen molar-refractivity contribution in [3.63, 3.8) is 0 Å². The van der Waals surface area contributed by atoms with Gasteiger partial charge in [-0.3, -0.25) is 4.79 Å². The number of benzene rings is 1. The lowest BCUT2D eigenvalue weighted by Crippen LogP contribution is -2.16. The molecule has 0 aliphatic carbocycles. The smallest absolute Gasteiger partial charge is 0.270 e. The van der Waals surface area contributed by atoms with Crippen molar-refractivity contribution >= 4 is 11.6 Å². The highest BCUT2D eigenvalue weighted by Crippen LogP contribution is 2.25. The summed E-state index contributed by atoms with van der Waals surface area (Å²) in [5.41, 5.74) is 2.27. The average Bonchev–Trinajstić information content (AvgIpc) is 2.42. The van der Waals surface area contributed by atoms with Gasteiger partial charge in [0.05, 0.1) is 5.69 Å². The van der Waals surface area contributed by atoms with Crippen molar-refractivity contribution < 1.29 is 0 Å². The normalized spacial score (nSPS) is 12.7. The Kier molecular flexibility index (Phi) is 4.26. The van der Waals surface area contributed by atoms with Crippen molar-refractivity contribution in [3.05, 3.63) is 51.0 Å². The van der Waals surface area contributed by atoms with Crippen LogP contribution >= 0.6 is 11.6 Å². The van der Waals surface area contributed by atoms with Crippen LogP contribution in [0.4, 0.5) is 0 Å². The van der Waals surface area contributed by atoms with Crippen molar-refractivity contribution in [1.82, 2.24) is 14.9 Å². The molecule has 2 aromatic rings. The van der Waals surface area contributed by atoms with Gasteiger partial charge in [0.15, 0.2) is 0 Å². The maximum Gasteiger partial charge on any atom is 0.270 e. The number of hydrogen-bond acceptors (Lipinski definition) is 3. The second kappa shape index (κ2) is 5.77. The quantitative estimate of drug-likeness (QED) is 0.946. The predicted octanol–water partition coefficient (Wildman–Crippen LogP) is 3.02. The number of nitrogens with one attached hydrogen (secondary N) is 1. The average molecular weight is 292 g/mol. The first-order chi connectivity index (χ1) is 9.40. The summed E-state index contributed by atoms with van der Waals surface area (Å²) in [6.45, 7) is 3.88. The third-order valence-electron chi connectivity index (χ3n) is 3.42. The zero-order chi connectivity index (χ0) is 14.9. The Bertz CT molecular complexity index is 662. The van der Waals surface area contributed by atoms with Crippen LogP contribution in [0.15, 0.2) is 29.1 Å². The lowest BCUT2D eigenvalue weighted by Gasteiger charge is -2.20. The van der Waals surface area contributed by atoms with Gasteiger partial charge in [0.1, 0.15) is 10.8 Å². The minimum atomic E-state index is -0.306. The molecular weight excluding hydrogens is 274 g/mol. The summed E-state index contributed by atoms with van der Waals surface area (Å²) in [5.74, 6) is 0.556. The Morgan fingerprint density at radius 2 is 1.85 bits per heavy atom. The third-order valence-corrected chi connectivity index (χ3v) is 3.77. The highest BCUT2D eigenvalue weighted by atomic mass is 35.5. The van der Waals surface area contributed by atoms with E-state index in [1.807, 2.05) is 38.4 Å². The Labute approximate surface area is 123 Å². The molecule has 0 bridgehead atoms. The van der Waals surface area contributed by atoms with Crippen LogP contribution in [0, 0.1) is 6.92 Å². The summed E-state index contributed by atoms with van der Waals surface area (Å²) in [6.07, 6.45) is 0. The first kappa shape index (κ1) is 14.8. The molecule has 5 heteroatoms. The van der Waals surface area contributed by atoms with E-state index in [0.29, 0.717) is 17.6 Å². The maximum atomic E-state index is 11.7. The molecule has 0 spiro atoms. The molecule has 0 amide bonds. The number of nitrogens with zero attached hydrogens (tertiary/aromatic N) is 2. The predicted molar refractivity (Wildman–Crippen MR) is 82.1 cm³/mol. The fourth-order valence-electron chi connectivity index (χ4n) is 1.98. The number of aromatic amines is 1. The summed E-state index contributed by atoms with van der Waals surface area (Å²) in [7, 11) is 4.08. The molecule has 0 aliphatic rings. The molecule has 1 N–H and O–H groups in total. The standard InChI is InChI=1S/C15H18ClN3O/c1-9(19(3)4)11-5-7-12(8-6-11)14-13(16)15(20)18-10(2)17-14/h5-9H,1-4H3,(H,17,18,20). The number of H-pyrrole nitrogens is 1. The molecule has 1 heterocycles. The van der Waals surface area contributed by atoms with Crippen LogP contribution in [0.5, 0.6) is 0 Å². The van der Waals surface area contributed by atoms with Crippen molar-refractivity contribution in [2.45, 2.75) is 19.9 Å². The summed E-state index contributed by atoms with van der Waals surface area (Å²) in [5, 5.41) is 0.129. The molecule has 4 nitrogen and oxygen atoms in total. The number of rotatable bonds is 3. The Morgan fingerprint density at radius 3 is 2.40 bits per heavy atom. The largest absolute Gasteiger partial charge is 0.309 e. The topological polar surface area (TPSA) is 49.0 Å². The Hall–Kier alpha value is -1.65. The van der Waals surface area contributed by atoms with Crippen LogP contribution in [0.25, 0.3) is 11.3 Å². The van der Waals surface area contributed by atoms with Gasteiger partial charge < -0.3 is 9.88 Å². The molecule has 0 aliphatic heterocycles. The van der Waals surface area contributed by atoms with Gasteiger partial charge in [-0.1, -0.05) is 35.9 Å². The van der Waals surface area contributed by atoms with Crippen molar-refractivity contribution in [3.8, 4) is 11.3 Å². The van der Waals surface area contributed by atoms with E-state index in [2.05, 4.69) is 21.8 Å². The van der Waals surface area contributed by atoms with Crippen LogP contribution < -0.4 is 5.56 Å². The molecule has 2 rings (SSSR count). The van der Waals surface area contributed by atoms with Crippen LogP contribution in [0.2, 0.25) is 5.02 Å². The Morgan fingerprint density at radius 1 is 1.25 bits per heavy atom. The first-order valence-electron chi connectivity index (χ1n) is 6.43. The maximum absolute atomic E-state index is 11.7. The zero-order valence-electron chi connectivity index (χ0n) is 12.1. The van der Waals surface area contributed by atoms with Gasteiger partial charge >= 0.3 is 0 Å². The van der Waals surface area contributed by atoms with E-state index in [4.69, 9.17) is 11.6 Å². The summed E-state index contributed by atoms with van der Waals surface area (Å²) in [4.78, 5) is 20.7. The minimum Gasteiger partial charge on any atom is -0.309 e. The number of halogens is 1. The number of hydrogen-bond donors (Lipinski definition) is 1. The van der Waals surface area contributed by atoms with Crippen LogP contribution in [0.1, 0.15) is 24.4 Å². The van der Waals surface area contributed by atoms with Gasteiger partial charge in [0.25, 0.3) is 5.56 Å². The van der Waals surface area contributed by atoms with E-state index in [-0.39, 0.29) is 10.6 Å². The van der Waals surface area contributed by atoms with E-state index in [0.717, 1.165) is 5.56 Å². The van der Waals surface area contributed by atoms with E-state index in [9.17, 15) is 4.79 Å². The second-order valence-electron chi connectivity index (χ2n) is 5.08. The fraction of sp³-hybridized carbons (Fsp3) is 0.333. The first-order valence-corrected chi connectivity index (χ1v) is 6.81. The van der Waals surface area contributed by atoms with Crippen LogP contribution in [-0.4, -0.2) is 29.0 Å². The molecular formula is C15H18ClN3O. The highest BCUT2D eigenvalue weighted by molar-refractivity contribution is 6.32. The lowest BCUT2D eigenvalue weighted by atomic mass is 10.0. The van der Waals surface area contributed by atoms with Gasteiger partial charge in [0.2, 0.25) is 0 Å². The molecule has 0 saturated heterocycles. The minimum absolute atomic E-state index is 0.129. The summed E-state index contributed by atoms with van der Waals surface area (Å²) < 4.78 is 0. The molecule has 1 atom stereocenters. The van der Waals surface area contributed by atoms with Crippen molar-refractivity contribution in [1.29, 1.82) is 0 Å². The molecule has 0 saturated carbocycles. The van der Waals surface area contributed by atoms with Gasteiger partial charge in [-0.2, -0.15) is 0 Å². The van der Waals surface area contributed by atoms with Gasteiger partial charge in [0, 0.05) is 11.6 Å². The fourth-order valence-corrected chi connectivity index (χ4v) is 2.18. The zero-order valence-corrected chi connectivity index (χ0v) is 12.8. The van der Waals surface area contributed by atoms with Crippen molar-refractivity contribution in [2.75, 3.05) is 14.1 Å². The molecule has 1 unspecified atom stereocenters. The van der Waals surface area contributed by atoms with Gasteiger partial charge in [-0.15, -0.1) is 0 Å². The summed E-state index contributed by atoms with van der Waals surface area (Å²) in [6, 6.07) is 8.29. The lowest BCUT2D eigenvalue weighted by molar-refractivity contribution is 0.321. The van der Waals surface area contributed by atoms with E-state index in [1.165, 1.54) is 5.56 Å². The molecule has 106 valence electrons. The highest BCUT2D eigenvalue weighted by Gasteiger charge is 2.12. The number of aromatic nitrogens is 2. The SMILES string of the molecule is Cc1nc(-c2ccc(C(C)N(C)C)cc2)c(Cl)c(=O)[nH]1. The van der Waals surface area contributed by atoms with Crippen LogP contribution in [0.3, 0.4) is 0 Å². The van der Waals surface area contributed by atoms with E-state index in [1.54, 1.807) is 6.92 Å². The van der Waals surface area contributed by atoms with Crippen LogP contribution in [-0.2, 0) is 0 Å². The van der Waals surface area contributed by atoms with Gasteiger partial charge in [-0.05, 0) is 33.5 Å².